The van der Waals surface area contributed by atoms with Crippen molar-refractivity contribution in [1.29, 1.82) is 0 Å². The molecule has 1 amide bonds. The number of anilines is 1. The summed E-state index contributed by atoms with van der Waals surface area (Å²) in [5.74, 6) is 0.876. The van der Waals surface area contributed by atoms with Crippen LogP contribution < -0.4 is 10.5 Å². The highest BCUT2D eigenvalue weighted by Gasteiger charge is 2.32. The van der Waals surface area contributed by atoms with Gasteiger partial charge in [-0.05, 0) is 37.5 Å². The van der Waals surface area contributed by atoms with E-state index in [9.17, 15) is 9.59 Å². The minimum Gasteiger partial charge on any atom is -0.368 e. The van der Waals surface area contributed by atoms with Gasteiger partial charge in [0.2, 0.25) is 5.91 Å². The number of aromatic nitrogens is 2. The van der Waals surface area contributed by atoms with E-state index in [-0.39, 0.29) is 17.5 Å². The lowest BCUT2D eigenvalue weighted by molar-refractivity contribution is -0.132. The van der Waals surface area contributed by atoms with Crippen LogP contribution >= 0.6 is 23.4 Å². The van der Waals surface area contributed by atoms with Gasteiger partial charge < -0.3 is 9.80 Å². The molecule has 1 atom stereocenters. The number of carbonyl (C=O) groups excluding carboxylic acids is 1. The summed E-state index contributed by atoms with van der Waals surface area (Å²) in [6.07, 6.45) is 3.10. The number of fused-ring (bicyclic) bond motifs is 2. The first-order valence-corrected chi connectivity index (χ1v) is 11.5. The Balaban J connectivity index is 1.25. The molecule has 8 heteroatoms. The fourth-order valence-corrected chi connectivity index (χ4v) is 5.86. The molecule has 0 N–H and O–H groups in total. The summed E-state index contributed by atoms with van der Waals surface area (Å²) in [4.78, 5) is 34.7. The molecule has 2 aromatic rings. The van der Waals surface area contributed by atoms with Crippen LogP contribution in [0.25, 0.3) is 0 Å². The highest BCUT2D eigenvalue weighted by Crippen LogP contribution is 2.34. The summed E-state index contributed by atoms with van der Waals surface area (Å²) in [7, 11) is 0. The fraction of sp³-hybridized carbons (Fsp3) is 0.476. The number of benzene rings is 1. The molecule has 5 rings (SSSR count). The van der Waals surface area contributed by atoms with Crippen LogP contribution in [-0.2, 0) is 17.6 Å². The number of piperazine rings is 1. The summed E-state index contributed by atoms with van der Waals surface area (Å²) in [5.41, 5.74) is 3.01. The molecular formula is C21H23ClN4O2S. The summed E-state index contributed by atoms with van der Waals surface area (Å²) in [6, 6.07) is 7.75. The Bertz CT molecular complexity index is 1020. The number of hydrogen-bond acceptors (Lipinski definition) is 5. The average Bonchev–Trinajstić information content (AvgIpc) is 3.36. The second-order valence-electron chi connectivity index (χ2n) is 7.86. The smallest absolute Gasteiger partial charge is 0.257 e. The van der Waals surface area contributed by atoms with Crippen molar-refractivity contribution in [3.8, 4) is 0 Å². The topological polar surface area (TPSA) is 58.4 Å². The number of rotatable bonds is 3. The van der Waals surface area contributed by atoms with E-state index in [0.717, 1.165) is 65.2 Å². The first kappa shape index (κ1) is 19.0. The van der Waals surface area contributed by atoms with Gasteiger partial charge in [0.15, 0.2) is 5.16 Å². The molecule has 1 saturated heterocycles. The van der Waals surface area contributed by atoms with Gasteiger partial charge in [0.05, 0.1) is 11.7 Å². The van der Waals surface area contributed by atoms with Crippen LogP contribution in [0.15, 0.2) is 34.2 Å². The number of nitrogens with zero attached hydrogens (tertiary/aromatic N) is 4. The maximum atomic E-state index is 12.9. The molecule has 2 aliphatic heterocycles. The molecule has 0 radical (unpaired) electrons. The highest BCUT2D eigenvalue weighted by atomic mass is 35.5. The summed E-state index contributed by atoms with van der Waals surface area (Å²) < 4.78 is 1.79. The van der Waals surface area contributed by atoms with E-state index >= 15 is 0 Å². The van der Waals surface area contributed by atoms with Gasteiger partial charge in [0, 0.05) is 54.6 Å². The molecule has 29 heavy (non-hydrogen) atoms. The Labute approximate surface area is 178 Å². The zero-order valence-corrected chi connectivity index (χ0v) is 17.7. The molecule has 3 aliphatic rings. The van der Waals surface area contributed by atoms with Gasteiger partial charge in [0.1, 0.15) is 0 Å². The molecule has 1 aliphatic carbocycles. The van der Waals surface area contributed by atoms with Crippen molar-refractivity contribution in [3.05, 3.63) is 50.9 Å². The zero-order chi connectivity index (χ0) is 20.0. The molecule has 1 aromatic carbocycles. The van der Waals surface area contributed by atoms with Gasteiger partial charge >= 0.3 is 0 Å². The molecule has 152 valence electrons. The average molecular weight is 431 g/mol. The van der Waals surface area contributed by atoms with Crippen molar-refractivity contribution in [3.63, 3.8) is 0 Å². The Kier molecular flexibility index (Phi) is 5.04. The van der Waals surface area contributed by atoms with Gasteiger partial charge in [0.25, 0.3) is 5.56 Å². The minimum absolute atomic E-state index is 0.0797. The number of amides is 1. The SMILES string of the molecule is O=C(C[C@H]1CSc2nc3c(c(=O)n21)CCC3)N1CCN(c2cccc(Cl)c2)CC1. The third-order valence-corrected chi connectivity index (χ3v) is 7.42. The van der Waals surface area contributed by atoms with E-state index < -0.39 is 0 Å². The number of hydrogen-bond donors (Lipinski definition) is 0. The van der Waals surface area contributed by atoms with Crippen LogP contribution in [0.4, 0.5) is 5.69 Å². The Morgan fingerprint density at radius 3 is 2.83 bits per heavy atom. The first-order chi connectivity index (χ1) is 14.1. The van der Waals surface area contributed by atoms with Gasteiger partial charge in [-0.2, -0.15) is 0 Å². The van der Waals surface area contributed by atoms with Crippen LogP contribution in [0, 0.1) is 0 Å². The van der Waals surface area contributed by atoms with Crippen LogP contribution in [0.5, 0.6) is 0 Å². The predicted octanol–water partition coefficient (Wildman–Crippen LogP) is 2.77. The van der Waals surface area contributed by atoms with Gasteiger partial charge in [-0.3, -0.25) is 14.2 Å². The second-order valence-corrected chi connectivity index (χ2v) is 9.29. The predicted molar refractivity (Wildman–Crippen MR) is 115 cm³/mol. The molecule has 1 fully saturated rings. The van der Waals surface area contributed by atoms with E-state index in [1.165, 1.54) is 0 Å². The van der Waals surface area contributed by atoms with Crippen molar-refractivity contribution >= 4 is 35.0 Å². The molecule has 0 saturated carbocycles. The molecule has 0 unspecified atom stereocenters. The van der Waals surface area contributed by atoms with E-state index in [1.54, 1.807) is 16.3 Å². The lowest BCUT2D eigenvalue weighted by atomic mass is 10.1. The fourth-order valence-electron chi connectivity index (χ4n) is 4.52. The Morgan fingerprint density at radius 2 is 2.03 bits per heavy atom. The quantitative estimate of drug-likeness (QED) is 0.701. The van der Waals surface area contributed by atoms with Crippen LogP contribution in [0.1, 0.15) is 30.1 Å². The van der Waals surface area contributed by atoms with Gasteiger partial charge in [-0.25, -0.2) is 4.98 Å². The molecular weight excluding hydrogens is 408 g/mol. The number of aryl methyl sites for hydroxylation is 1. The van der Waals surface area contributed by atoms with Crippen molar-refractivity contribution in [1.82, 2.24) is 14.5 Å². The maximum Gasteiger partial charge on any atom is 0.257 e. The summed E-state index contributed by atoms with van der Waals surface area (Å²) in [6.45, 7) is 2.96. The van der Waals surface area contributed by atoms with Crippen LogP contribution in [-0.4, -0.2) is 52.3 Å². The monoisotopic (exact) mass is 430 g/mol. The normalized spacial score (nSPS) is 20.7. The van der Waals surface area contributed by atoms with E-state index in [1.807, 2.05) is 29.2 Å². The molecule has 0 bridgehead atoms. The van der Waals surface area contributed by atoms with E-state index in [4.69, 9.17) is 16.6 Å². The lowest BCUT2D eigenvalue weighted by Crippen LogP contribution is -2.49. The number of carbonyl (C=O) groups is 1. The number of thioether (sulfide) groups is 1. The molecule has 0 spiro atoms. The zero-order valence-electron chi connectivity index (χ0n) is 16.1. The third-order valence-electron chi connectivity index (χ3n) is 6.09. The van der Waals surface area contributed by atoms with Gasteiger partial charge in [-0.1, -0.05) is 29.4 Å². The van der Waals surface area contributed by atoms with Crippen LogP contribution in [0.2, 0.25) is 5.02 Å². The van der Waals surface area contributed by atoms with Crippen LogP contribution in [0.3, 0.4) is 0 Å². The van der Waals surface area contributed by atoms with E-state index in [0.29, 0.717) is 19.5 Å². The Morgan fingerprint density at radius 1 is 1.21 bits per heavy atom. The maximum absolute atomic E-state index is 12.9. The molecule has 1 aromatic heterocycles. The summed E-state index contributed by atoms with van der Waals surface area (Å²) >= 11 is 7.71. The standard InChI is InChI=1S/C21H23ClN4O2S/c22-14-3-1-4-15(11-14)24-7-9-25(10-8-24)19(27)12-16-13-29-21-23-18-6-2-5-17(18)20(28)26(16)21/h1,3-4,11,16H,2,5-10,12-13H2/t16-/m0/s1. The van der Waals surface area contributed by atoms with Crippen molar-refractivity contribution < 1.29 is 4.79 Å². The highest BCUT2D eigenvalue weighted by molar-refractivity contribution is 7.99. The largest absolute Gasteiger partial charge is 0.368 e. The van der Waals surface area contributed by atoms with Crippen molar-refractivity contribution in [2.75, 3.05) is 36.8 Å². The van der Waals surface area contributed by atoms with E-state index in [2.05, 4.69) is 4.90 Å². The van der Waals surface area contributed by atoms with Crippen molar-refractivity contribution in [2.24, 2.45) is 0 Å². The minimum atomic E-state index is -0.0839. The molecule has 3 heterocycles. The van der Waals surface area contributed by atoms with Gasteiger partial charge in [-0.15, -0.1) is 0 Å². The third kappa shape index (κ3) is 3.55. The second kappa shape index (κ2) is 7.69. The number of halogens is 1. The summed E-state index contributed by atoms with van der Waals surface area (Å²) in [5, 5.41) is 1.52. The Hall–Kier alpha value is -1.99. The lowest BCUT2D eigenvalue weighted by Gasteiger charge is -2.36. The molecule has 6 nitrogen and oxygen atoms in total. The van der Waals surface area contributed by atoms with Crippen molar-refractivity contribution in [2.45, 2.75) is 36.9 Å². The first-order valence-electron chi connectivity index (χ1n) is 10.2.